The molecule has 0 fully saturated rings. The lowest BCUT2D eigenvalue weighted by atomic mass is 10.1. The van der Waals surface area contributed by atoms with Gasteiger partial charge in [-0.15, -0.1) is 11.3 Å². The summed E-state index contributed by atoms with van der Waals surface area (Å²) in [5, 5.41) is 9.78. The minimum Gasteiger partial charge on any atom is -0.332 e. The van der Waals surface area contributed by atoms with Crippen LogP contribution >= 0.6 is 34.0 Å². The van der Waals surface area contributed by atoms with Gasteiger partial charge in [-0.05, 0) is 18.4 Å². The van der Waals surface area contributed by atoms with E-state index in [4.69, 9.17) is 0 Å². The number of aryl methyl sites for hydroxylation is 1. The molecule has 0 aliphatic carbocycles. The van der Waals surface area contributed by atoms with Crippen LogP contribution < -0.4 is 5.32 Å². The van der Waals surface area contributed by atoms with Crippen molar-refractivity contribution in [2.45, 2.75) is 19.9 Å². The van der Waals surface area contributed by atoms with Crippen LogP contribution in [0.5, 0.6) is 0 Å². The molecule has 0 spiro atoms. The quantitative estimate of drug-likeness (QED) is 0.743. The maximum Gasteiger partial charge on any atom is 0.273 e. The highest BCUT2D eigenvalue weighted by molar-refractivity contribution is 7.16. The number of nitrogens with one attached hydrogen (secondary N) is 1. The van der Waals surface area contributed by atoms with E-state index in [1.165, 1.54) is 34.0 Å². The molecule has 0 saturated carbocycles. The molecule has 4 heterocycles. The summed E-state index contributed by atoms with van der Waals surface area (Å²) in [5.74, 6) is -0.203. The van der Waals surface area contributed by atoms with Gasteiger partial charge in [0.1, 0.15) is 5.69 Å². The Labute approximate surface area is 156 Å². The number of fused-ring (bicyclic) bond motifs is 1. The molecule has 0 saturated heterocycles. The second-order valence-electron chi connectivity index (χ2n) is 5.58. The Hall–Kier alpha value is -2.10. The molecule has 0 unspecified atom stereocenters. The fraction of sp³-hybridized carbons (Fsp3) is 0.250. The maximum atomic E-state index is 12.5. The fourth-order valence-electron chi connectivity index (χ4n) is 2.61. The predicted octanol–water partition coefficient (Wildman–Crippen LogP) is 3.42. The zero-order chi connectivity index (χ0) is 17.4. The summed E-state index contributed by atoms with van der Waals surface area (Å²) in [6.07, 6.45) is 0.689. The first kappa shape index (κ1) is 16.4. The van der Waals surface area contributed by atoms with Crippen LogP contribution in [0, 0.1) is 6.92 Å². The van der Waals surface area contributed by atoms with Crippen molar-refractivity contribution in [1.29, 1.82) is 0 Å². The zero-order valence-electron chi connectivity index (χ0n) is 13.3. The number of anilines is 1. The number of nitrogens with zero attached hydrogens (tertiary/aromatic N) is 3. The third kappa shape index (κ3) is 3.35. The van der Waals surface area contributed by atoms with Crippen molar-refractivity contribution in [3.8, 4) is 0 Å². The summed E-state index contributed by atoms with van der Waals surface area (Å²) >= 11 is 4.39. The Kier molecular flexibility index (Phi) is 4.36. The van der Waals surface area contributed by atoms with Crippen molar-refractivity contribution in [3.63, 3.8) is 0 Å². The zero-order valence-corrected chi connectivity index (χ0v) is 15.8. The largest absolute Gasteiger partial charge is 0.332 e. The first-order valence-electron chi connectivity index (χ1n) is 7.63. The van der Waals surface area contributed by atoms with Gasteiger partial charge in [0.15, 0.2) is 5.13 Å². The molecule has 1 aliphatic rings. The van der Waals surface area contributed by atoms with Crippen molar-refractivity contribution in [2.75, 3.05) is 11.9 Å². The molecule has 6 nitrogen and oxygen atoms in total. The molecular weight excluding hydrogens is 376 g/mol. The average molecular weight is 391 g/mol. The van der Waals surface area contributed by atoms with Crippen LogP contribution in [0.1, 0.15) is 36.4 Å². The first-order valence-corrected chi connectivity index (χ1v) is 10.3. The van der Waals surface area contributed by atoms with Gasteiger partial charge in [0.05, 0.1) is 22.8 Å². The van der Waals surface area contributed by atoms with Gasteiger partial charge < -0.3 is 4.90 Å². The molecule has 0 radical (unpaired) electrons. The first-order chi connectivity index (χ1) is 12.1. The van der Waals surface area contributed by atoms with Crippen LogP contribution in [0.3, 0.4) is 0 Å². The highest BCUT2D eigenvalue weighted by atomic mass is 32.1. The standard InChI is InChI=1S/C16H14N4O2S3/c1-9-17-12(8-24-9)15(22)20-4-2-11-13(6-20)25-16(18-11)19-14(21)10-3-5-23-7-10/h3,5,7-8H,2,4,6H2,1H3,(H,18,19,21). The maximum absolute atomic E-state index is 12.5. The molecular formula is C16H14N4O2S3. The Morgan fingerprint density at radius 2 is 2.16 bits per heavy atom. The van der Waals surface area contributed by atoms with Crippen LogP contribution in [0.4, 0.5) is 5.13 Å². The number of rotatable bonds is 3. The summed E-state index contributed by atoms with van der Waals surface area (Å²) in [4.78, 5) is 36.3. The van der Waals surface area contributed by atoms with Crippen molar-refractivity contribution in [2.24, 2.45) is 0 Å². The molecule has 9 heteroatoms. The van der Waals surface area contributed by atoms with Gasteiger partial charge in [-0.25, -0.2) is 9.97 Å². The van der Waals surface area contributed by atoms with Crippen LogP contribution in [0.2, 0.25) is 0 Å². The van der Waals surface area contributed by atoms with Gasteiger partial charge in [0.2, 0.25) is 0 Å². The lowest BCUT2D eigenvalue weighted by Gasteiger charge is -2.25. The van der Waals surface area contributed by atoms with E-state index < -0.39 is 0 Å². The Morgan fingerprint density at radius 3 is 2.88 bits per heavy atom. The van der Waals surface area contributed by atoms with Crippen LogP contribution in [-0.4, -0.2) is 33.2 Å². The van der Waals surface area contributed by atoms with Gasteiger partial charge in [-0.3, -0.25) is 14.9 Å². The number of carbonyl (C=O) groups is 2. The van der Waals surface area contributed by atoms with Gasteiger partial charge in [-0.2, -0.15) is 11.3 Å². The van der Waals surface area contributed by atoms with E-state index in [0.717, 1.165) is 15.6 Å². The predicted molar refractivity (Wildman–Crippen MR) is 99.7 cm³/mol. The molecule has 2 amide bonds. The van der Waals surface area contributed by atoms with E-state index >= 15 is 0 Å². The van der Waals surface area contributed by atoms with E-state index in [1.807, 2.05) is 12.3 Å². The van der Waals surface area contributed by atoms with Crippen molar-refractivity contribution in [3.05, 3.63) is 49.0 Å². The molecule has 1 aliphatic heterocycles. The minimum atomic E-state index is -0.154. The number of thiazole rings is 2. The number of thiophene rings is 1. The lowest BCUT2D eigenvalue weighted by Crippen LogP contribution is -2.35. The summed E-state index contributed by atoms with van der Waals surface area (Å²) in [5.41, 5.74) is 2.10. The van der Waals surface area contributed by atoms with Gasteiger partial charge >= 0.3 is 0 Å². The molecule has 128 valence electrons. The van der Waals surface area contributed by atoms with E-state index in [1.54, 1.807) is 21.7 Å². The van der Waals surface area contributed by atoms with Crippen molar-refractivity contribution in [1.82, 2.24) is 14.9 Å². The number of aromatic nitrogens is 2. The van der Waals surface area contributed by atoms with Crippen LogP contribution in [0.25, 0.3) is 0 Å². The summed E-state index contributed by atoms with van der Waals surface area (Å²) in [7, 11) is 0. The average Bonchev–Trinajstić information content (AvgIpc) is 3.33. The number of carbonyl (C=O) groups excluding carboxylic acids is 2. The van der Waals surface area contributed by atoms with E-state index in [-0.39, 0.29) is 11.8 Å². The number of amides is 2. The Balaban J connectivity index is 1.47. The molecule has 4 rings (SSSR count). The molecule has 3 aromatic heterocycles. The lowest BCUT2D eigenvalue weighted by molar-refractivity contribution is 0.0730. The van der Waals surface area contributed by atoms with E-state index in [0.29, 0.717) is 35.9 Å². The smallest absolute Gasteiger partial charge is 0.273 e. The second kappa shape index (κ2) is 6.66. The van der Waals surface area contributed by atoms with Gasteiger partial charge in [0, 0.05) is 28.6 Å². The van der Waals surface area contributed by atoms with Crippen LogP contribution in [-0.2, 0) is 13.0 Å². The summed E-state index contributed by atoms with van der Waals surface area (Å²) in [6.45, 7) is 3.02. The molecule has 1 N–H and O–H groups in total. The normalized spacial score (nSPS) is 13.6. The summed E-state index contributed by atoms with van der Waals surface area (Å²) in [6, 6.07) is 1.78. The molecule has 0 bridgehead atoms. The summed E-state index contributed by atoms with van der Waals surface area (Å²) < 4.78 is 0. The molecule has 0 atom stereocenters. The highest BCUT2D eigenvalue weighted by Gasteiger charge is 2.26. The van der Waals surface area contributed by atoms with Crippen molar-refractivity contribution >= 4 is 51.0 Å². The van der Waals surface area contributed by atoms with Gasteiger partial charge in [0.25, 0.3) is 11.8 Å². The second-order valence-corrected chi connectivity index (χ2v) is 8.51. The Morgan fingerprint density at radius 1 is 1.28 bits per heavy atom. The Bertz CT molecular complexity index is 929. The van der Waals surface area contributed by atoms with E-state index in [2.05, 4.69) is 15.3 Å². The number of hydrogen-bond donors (Lipinski definition) is 1. The monoisotopic (exact) mass is 390 g/mol. The number of hydrogen-bond acceptors (Lipinski definition) is 7. The SMILES string of the molecule is Cc1nc(C(=O)N2CCc3nc(NC(=O)c4ccsc4)sc3C2)cs1. The van der Waals surface area contributed by atoms with Crippen molar-refractivity contribution < 1.29 is 9.59 Å². The molecule has 25 heavy (non-hydrogen) atoms. The molecule has 0 aromatic carbocycles. The third-order valence-electron chi connectivity index (χ3n) is 3.86. The molecule has 3 aromatic rings. The topological polar surface area (TPSA) is 75.2 Å². The highest BCUT2D eigenvalue weighted by Crippen LogP contribution is 2.29. The van der Waals surface area contributed by atoms with E-state index in [9.17, 15) is 9.59 Å². The van der Waals surface area contributed by atoms with Gasteiger partial charge in [-0.1, -0.05) is 11.3 Å². The minimum absolute atomic E-state index is 0.0488. The fourth-order valence-corrected chi connectivity index (χ4v) is 4.85. The van der Waals surface area contributed by atoms with Crippen LogP contribution in [0.15, 0.2) is 22.2 Å². The third-order valence-corrected chi connectivity index (χ3v) is 6.31.